The van der Waals surface area contributed by atoms with Crippen LogP contribution >= 0.6 is 0 Å². The molecule has 2 bridgehead atoms. The van der Waals surface area contributed by atoms with Crippen molar-refractivity contribution in [3.05, 3.63) is 29.6 Å². The van der Waals surface area contributed by atoms with Gasteiger partial charge in [-0.3, -0.25) is 0 Å². The van der Waals surface area contributed by atoms with Crippen LogP contribution in [0.1, 0.15) is 38.2 Å². The van der Waals surface area contributed by atoms with E-state index in [1.807, 2.05) is 12.1 Å². The zero-order valence-corrected chi connectivity index (χ0v) is 11.6. The van der Waals surface area contributed by atoms with Gasteiger partial charge in [-0.05, 0) is 55.7 Å². The van der Waals surface area contributed by atoms with Crippen molar-refractivity contribution < 1.29 is 4.39 Å². The highest BCUT2D eigenvalue weighted by atomic mass is 19.1. The van der Waals surface area contributed by atoms with Crippen LogP contribution in [0.3, 0.4) is 0 Å². The van der Waals surface area contributed by atoms with Crippen LogP contribution in [0.2, 0.25) is 0 Å². The molecule has 3 atom stereocenters. The molecule has 1 aliphatic carbocycles. The van der Waals surface area contributed by atoms with E-state index in [0.717, 1.165) is 36.6 Å². The molecule has 1 aromatic carbocycles. The van der Waals surface area contributed by atoms with Crippen molar-refractivity contribution in [3.8, 4) is 0 Å². The summed E-state index contributed by atoms with van der Waals surface area (Å²) in [6, 6.07) is 6.38. The number of nitrogens with zero attached hydrogens (tertiary/aromatic N) is 1. The Kier molecular flexibility index (Phi) is 3.48. The summed E-state index contributed by atoms with van der Waals surface area (Å²) in [7, 11) is 0. The second kappa shape index (κ2) is 5.12. The molecule has 2 aliphatic rings. The Morgan fingerprint density at radius 3 is 2.84 bits per heavy atom. The predicted octanol–water partition coefficient (Wildman–Crippen LogP) is 3.09. The van der Waals surface area contributed by atoms with E-state index in [9.17, 15) is 4.39 Å². The van der Waals surface area contributed by atoms with Crippen molar-refractivity contribution in [1.82, 2.24) is 0 Å². The molecule has 1 aliphatic heterocycles. The standard InChI is InChI=1S/C16H23FN2/c1-2-13(18)7-11-4-6-16(15(17)9-11)19-10-12-3-5-14(19)8-12/h4,6,9,12-14H,2-3,5,7-8,10,18H2,1H3. The van der Waals surface area contributed by atoms with Gasteiger partial charge in [0.15, 0.2) is 0 Å². The molecule has 104 valence electrons. The topological polar surface area (TPSA) is 29.3 Å². The third kappa shape index (κ3) is 2.48. The zero-order chi connectivity index (χ0) is 13.4. The number of hydrogen-bond donors (Lipinski definition) is 1. The quantitative estimate of drug-likeness (QED) is 0.903. The molecule has 2 nitrogen and oxygen atoms in total. The molecule has 19 heavy (non-hydrogen) atoms. The van der Waals surface area contributed by atoms with Crippen molar-refractivity contribution in [1.29, 1.82) is 0 Å². The molecule has 1 aromatic rings. The highest BCUT2D eigenvalue weighted by Gasteiger charge is 2.38. The number of anilines is 1. The van der Waals surface area contributed by atoms with Crippen LogP contribution in [-0.4, -0.2) is 18.6 Å². The Hall–Kier alpha value is -1.09. The van der Waals surface area contributed by atoms with Crippen molar-refractivity contribution in [3.63, 3.8) is 0 Å². The van der Waals surface area contributed by atoms with E-state index in [4.69, 9.17) is 5.73 Å². The average Bonchev–Trinajstić information content (AvgIpc) is 3.01. The van der Waals surface area contributed by atoms with E-state index in [-0.39, 0.29) is 11.9 Å². The molecule has 3 unspecified atom stereocenters. The SMILES string of the molecule is CCC(N)Cc1ccc(N2CC3CCC2C3)c(F)c1. The lowest BCUT2D eigenvalue weighted by atomic mass is 10.0. The van der Waals surface area contributed by atoms with Crippen LogP contribution in [0.15, 0.2) is 18.2 Å². The number of piperidine rings is 1. The van der Waals surface area contributed by atoms with Gasteiger partial charge in [-0.25, -0.2) is 4.39 Å². The van der Waals surface area contributed by atoms with Crippen LogP contribution < -0.4 is 10.6 Å². The fourth-order valence-electron chi connectivity index (χ4n) is 3.58. The van der Waals surface area contributed by atoms with E-state index in [1.165, 1.54) is 19.3 Å². The lowest BCUT2D eigenvalue weighted by Crippen LogP contribution is -2.32. The van der Waals surface area contributed by atoms with Crippen molar-refractivity contribution >= 4 is 5.69 Å². The summed E-state index contributed by atoms with van der Waals surface area (Å²) in [4.78, 5) is 2.27. The van der Waals surface area contributed by atoms with Gasteiger partial charge in [-0.1, -0.05) is 13.0 Å². The van der Waals surface area contributed by atoms with Gasteiger partial charge in [0.05, 0.1) is 5.69 Å². The molecule has 2 fully saturated rings. The maximum atomic E-state index is 14.3. The smallest absolute Gasteiger partial charge is 0.146 e. The van der Waals surface area contributed by atoms with E-state index in [0.29, 0.717) is 6.04 Å². The summed E-state index contributed by atoms with van der Waals surface area (Å²) in [5.74, 6) is 0.714. The van der Waals surface area contributed by atoms with Crippen molar-refractivity contribution in [2.24, 2.45) is 11.7 Å². The molecule has 3 heteroatoms. The molecule has 3 rings (SSSR count). The fourth-order valence-corrected chi connectivity index (χ4v) is 3.58. The Balaban J connectivity index is 1.76. The van der Waals surface area contributed by atoms with E-state index >= 15 is 0 Å². The van der Waals surface area contributed by atoms with Gasteiger partial charge in [-0.2, -0.15) is 0 Å². The van der Waals surface area contributed by atoms with Gasteiger partial charge in [0.25, 0.3) is 0 Å². The number of hydrogen-bond acceptors (Lipinski definition) is 2. The highest BCUT2D eigenvalue weighted by Crippen LogP contribution is 2.41. The van der Waals surface area contributed by atoms with Crippen molar-refractivity contribution in [2.75, 3.05) is 11.4 Å². The third-order valence-corrected chi connectivity index (χ3v) is 4.75. The Bertz CT molecular complexity index is 460. The average molecular weight is 262 g/mol. The number of rotatable bonds is 4. The van der Waals surface area contributed by atoms with Crippen LogP contribution in [0.25, 0.3) is 0 Å². The summed E-state index contributed by atoms with van der Waals surface area (Å²) in [5.41, 5.74) is 7.74. The van der Waals surface area contributed by atoms with Gasteiger partial charge in [0, 0.05) is 18.6 Å². The number of halogens is 1. The number of fused-ring (bicyclic) bond motifs is 2. The monoisotopic (exact) mass is 262 g/mol. The van der Waals surface area contributed by atoms with E-state index in [1.54, 1.807) is 6.07 Å². The van der Waals surface area contributed by atoms with Gasteiger partial charge < -0.3 is 10.6 Å². The lowest BCUT2D eigenvalue weighted by Gasteiger charge is -2.29. The molecule has 1 heterocycles. The molecule has 1 saturated carbocycles. The molecule has 2 N–H and O–H groups in total. The zero-order valence-electron chi connectivity index (χ0n) is 11.6. The van der Waals surface area contributed by atoms with E-state index < -0.39 is 0 Å². The minimum Gasteiger partial charge on any atom is -0.366 e. The first kappa shape index (κ1) is 12.9. The molecular formula is C16H23FN2. The first-order chi connectivity index (χ1) is 9.17. The summed E-state index contributed by atoms with van der Waals surface area (Å²) in [6.45, 7) is 3.10. The first-order valence-electron chi connectivity index (χ1n) is 7.48. The summed E-state index contributed by atoms with van der Waals surface area (Å²) in [5, 5.41) is 0. The third-order valence-electron chi connectivity index (χ3n) is 4.75. The van der Waals surface area contributed by atoms with E-state index in [2.05, 4.69) is 11.8 Å². The van der Waals surface area contributed by atoms with Gasteiger partial charge >= 0.3 is 0 Å². The normalized spacial score (nSPS) is 27.0. The molecule has 0 amide bonds. The second-order valence-electron chi connectivity index (χ2n) is 6.14. The molecule has 1 saturated heterocycles. The number of benzene rings is 1. The Morgan fingerprint density at radius 2 is 2.26 bits per heavy atom. The Labute approximate surface area is 114 Å². The molecule has 0 aromatic heterocycles. The first-order valence-corrected chi connectivity index (χ1v) is 7.48. The lowest BCUT2D eigenvalue weighted by molar-refractivity contribution is 0.539. The molecular weight excluding hydrogens is 239 g/mol. The predicted molar refractivity (Wildman–Crippen MR) is 76.8 cm³/mol. The molecule has 0 radical (unpaired) electrons. The van der Waals surface area contributed by atoms with Gasteiger partial charge in [0.1, 0.15) is 5.82 Å². The number of nitrogens with two attached hydrogens (primary N) is 1. The maximum absolute atomic E-state index is 14.3. The van der Waals surface area contributed by atoms with Crippen LogP contribution in [0, 0.1) is 11.7 Å². The Morgan fingerprint density at radius 1 is 1.42 bits per heavy atom. The van der Waals surface area contributed by atoms with Gasteiger partial charge in [0.2, 0.25) is 0 Å². The van der Waals surface area contributed by atoms with Crippen LogP contribution in [0.4, 0.5) is 10.1 Å². The summed E-state index contributed by atoms with van der Waals surface area (Å²) in [6.07, 6.45) is 5.50. The summed E-state index contributed by atoms with van der Waals surface area (Å²) >= 11 is 0. The minimum absolute atomic E-state index is 0.0756. The largest absolute Gasteiger partial charge is 0.366 e. The molecule has 0 spiro atoms. The van der Waals surface area contributed by atoms with Crippen molar-refractivity contribution in [2.45, 2.75) is 51.1 Å². The second-order valence-corrected chi connectivity index (χ2v) is 6.14. The minimum atomic E-state index is -0.0756. The fraction of sp³-hybridized carbons (Fsp3) is 0.625. The highest BCUT2D eigenvalue weighted by molar-refractivity contribution is 5.52. The summed E-state index contributed by atoms with van der Waals surface area (Å²) < 4.78 is 14.3. The van der Waals surface area contributed by atoms with Crippen LogP contribution in [0.5, 0.6) is 0 Å². The van der Waals surface area contributed by atoms with Gasteiger partial charge in [-0.15, -0.1) is 0 Å². The maximum Gasteiger partial charge on any atom is 0.146 e. The van der Waals surface area contributed by atoms with Crippen LogP contribution in [-0.2, 0) is 6.42 Å².